The van der Waals surface area contributed by atoms with Crippen LogP contribution in [0, 0.1) is 0 Å². The molecule has 1 aromatic rings. The van der Waals surface area contributed by atoms with E-state index in [0.717, 1.165) is 24.5 Å². The van der Waals surface area contributed by atoms with Crippen molar-refractivity contribution in [2.24, 2.45) is 0 Å². The summed E-state index contributed by atoms with van der Waals surface area (Å²) in [7, 11) is 1.78. The van der Waals surface area contributed by atoms with Crippen molar-refractivity contribution in [2.75, 3.05) is 12.4 Å². The number of carbonyl (C=O) groups excluding carboxylic acids is 1. The number of aliphatic carboxylic acids is 1. The first-order valence-corrected chi connectivity index (χ1v) is 7.02. The van der Waals surface area contributed by atoms with E-state index in [1.165, 1.54) is 6.08 Å². The van der Waals surface area contributed by atoms with Gasteiger partial charge >= 0.3 is 12.0 Å². The number of nitrogens with one attached hydrogen (secondary N) is 1. The lowest BCUT2D eigenvalue weighted by molar-refractivity contribution is -0.131. The van der Waals surface area contributed by atoms with Crippen LogP contribution in [0.3, 0.4) is 0 Å². The van der Waals surface area contributed by atoms with Gasteiger partial charge in [0.15, 0.2) is 0 Å². The molecule has 0 fully saturated rings. The van der Waals surface area contributed by atoms with E-state index in [2.05, 4.69) is 19.2 Å². The summed E-state index contributed by atoms with van der Waals surface area (Å²) < 4.78 is 0. The number of amides is 2. The molecule has 114 valence electrons. The summed E-state index contributed by atoms with van der Waals surface area (Å²) in [6, 6.07) is 7.10. The minimum Gasteiger partial charge on any atom is -0.478 e. The van der Waals surface area contributed by atoms with Crippen LogP contribution in [0.5, 0.6) is 0 Å². The number of benzene rings is 1. The number of nitrogens with zero attached hydrogens (tertiary/aromatic N) is 1. The van der Waals surface area contributed by atoms with Crippen LogP contribution in [0.25, 0.3) is 6.08 Å². The maximum absolute atomic E-state index is 12.2. The van der Waals surface area contributed by atoms with Crippen LogP contribution >= 0.6 is 0 Å². The third kappa shape index (κ3) is 5.30. The highest BCUT2D eigenvalue weighted by atomic mass is 16.4. The Labute approximate surface area is 125 Å². The first kappa shape index (κ1) is 16.8. The third-order valence-corrected chi connectivity index (χ3v) is 3.37. The van der Waals surface area contributed by atoms with Gasteiger partial charge in [-0.25, -0.2) is 9.59 Å². The molecule has 0 aliphatic rings. The number of carbonyl (C=O) groups is 2. The Balaban J connectivity index is 2.76. The van der Waals surface area contributed by atoms with Crippen molar-refractivity contribution >= 4 is 23.8 Å². The van der Waals surface area contributed by atoms with Crippen molar-refractivity contribution in [1.29, 1.82) is 0 Å². The summed E-state index contributed by atoms with van der Waals surface area (Å²) in [4.78, 5) is 24.3. The molecule has 5 nitrogen and oxygen atoms in total. The second kappa shape index (κ2) is 8.09. The average molecular weight is 290 g/mol. The summed E-state index contributed by atoms with van der Waals surface area (Å²) in [5, 5.41) is 11.4. The lowest BCUT2D eigenvalue weighted by Gasteiger charge is -2.26. The van der Waals surface area contributed by atoms with Gasteiger partial charge in [0.1, 0.15) is 0 Å². The Morgan fingerprint density at radius 3 is 2.57 bits per heavy atom. The predicted octanol–water partition coefficient (Wildman–Crippen LogP) is 3.44. The summed E-state index contributed by atoms with van der Waals surface area (Å²) >= 11 is 0. The molecule has 0 saturated heterocycles. The highest BCUT2D eigenvalue weighted by molar-refractivity contribution is 5.90. The molecule has 0 radical (unpaired) electrons. The van der Waals surface area contributed by atoms with Gasteiger partial charge < -0.3 is 15.3 Å². The van der Waals surface area contributed by atoms with Gasteiger partial charge in [0.05, 0.1) is 0 Å². The maximum Gasteiger partial charge on any atom is 0.328 e. The van der Waals surface area contributed by atoms with Gasteiger partial charge in [-0.15, -0.1) is 0 Å². The van der Waals surface area contributed by atoms with E-state index in [-0.39, 0.29) is 12.1 Å². The van der Waals surface area contributed by atoms with Gasteiger partial charge in [0.25, 0.3) is 0 Å². The Kier molecular flexibility index (Phi) is 6.46. The van der Waals surface area contributed by atoms with Gasteiger partial charge in [-0.05, 0) is 36.6 Å². The van der Waals surface area contributed by atoms with E-state index in [1.54, 1.807) is 36.2 Å². The van der Waals surface area contributed by atoms with Crippen LogP contribution in [0.1, 0.15) is 32.3 Å². The second-order valence-electron chi connectivity index (χ2n) is 4.81. The molecule has 0 heterocycles. The Morgan fingerprint density at radius 2 is 2.00 bits per heavy atom. The van der Waals surface area contributed by atoms with Crippen molar-refractivity contribution in [1.82, 2.24) is 4.90 Å². The van der Waals surface area contributed by atoms with Gasteiger partial charge in [-0.3, -0.25) is 0 Å². The van der Waals surface area contributed by atoms with E-state index < -0.39 is 5.97 Å². The molecule has 21 heavy (non-hydrogen) atoms. The number of anilines is 1. The van der Waals surface area contributed by atoms with Crippen molar-refractivity contribution in [2.45, 2.75) is 32.7 Å². The first-order valence-electron chi connectivity index (χ1n) is 7.02. The topological polar surface area (TPSA) is 69.6 Å². The molecule has 0 aromatic heterocycles. The van der Waals surface area contributed by atoms with Crippen molar-refractivity contribution in [3.8, 4) is 0 Å². The van der Waals surface area contributed by atoms with Gasteiger partial charge in [-0.1, -0.05) is 26.0 Å². The van der Waals surface area contributed by atoms with E-state index in [0.29, 0.717) is 5.69 Å². The minimum atomic E-state index is -1.00. The minimum absolute atomic E-state index is 0.164. The average Bonchev–Trinajstić information content (AvgIpc) is 2.46. The monoisotopic (exact) mass is 290 g/mol. The molecule has 2 N–H and O–H groups in total. The van der Waals surface area contributed by atoms with Gasteiger partial charge in [0.2, 0.25) is 0 Å². The first-order chi connectivity index (χ1) is 9.97. The summed E-state index contributed by atoms with van der Waals surface area (Å²) in [6.45, 7) is 4.10. The van der Waals surface area contributed by atoms with Gasteiger partial charge in [0, 0.05) is 24.9 Å². The smallest absolute Gasteiger partial charge is 0.328 e. The molecule has 0 bridgehead atoms. The molecule has 0 aliphatic carbocycles. The standard InChI is InChI=1S/C16H22N2O3/c1-4-14(5-2)18(3)16(21)17-13-8-6-7-12(11-13)9-10-15(19)20/h6-11,14H,4-5H2,1-3H3,(H,17,21)(H,19,20)/b10-9+. The third-order valence-electron chi connectivity index (χ3n) is 3.37. The van der Waals surface area contributed by atoms with Crippen molar-refractivity contribution in [3.63, 3.8) is 0 Å². The molecule has 5 heteroatoms. The molecule has 1 rings (SSSR count). The molecule has 0 aliphatic heterocycles. The zero-order valence-corrected chi connectivity index (χ0v) is 12.7. The van der Waals surface area contributed by atoms with Crippen LogP contribution in [-0.2, 0) is 4.79 Å². The molecule has 0 saturated carbocycles. The molecule has 0 unspecified atom stereocenters. The lowest BCUT2D eigenvalue weighted by Crippen LogP contribution is -2.39. The number of carboxylic acids is 1. The molecule has 0 atom stereocenters. The van der Waals surface area contributed by atoms with E-state index in [9.17, 15) is 9.59 Å². The van der Waals surface area contributed by atoms with Crippen molar-refractivity contribution < 1.29 is 14.7 Å². The number of hydrogen-bond acceptors (Lipinski definition) is 2. The Morgan fingerprint density at radius 1 is 1.33 bits per heavy atom. The summed E-state index contributed by atoms with van der Waals surface area (Å²) in [5.74, 6) is -1.00. The zero-order chi connectivity index (χ0) is 15.8. The highest BCUT2D eigenvalue weighted by Gasteiger charge is 2.16. The van der Waals surface area contributed by atoms with Crippen LogP contribution in [0.4, 0.5) is 10.5 Å². The lowest BCUT2D eigenvalue weighted by atomic mass is 10.1. The quantitative estimate of drug-likeness (QED) is 0.788. The number of urea groups is 1. The number of rotatable bonds is 6. The molecular weight excluding hydrogens is 268 g/mol. The van der Waals surface area contributed by atoms with Crippen molar-refractivity contribution in [3.05, 3.63) is 35.9 Å². The largest absolute Gasteiger partial charge is 0.478 e. The van der Waals surface area contributed by atoms with E-state index >= 15 is 0 Å². The Bertz CT molecular complexity index is 522. The summed E-state index contributed by atoms with van der Waals surface area (Å²) in [6.07, 6.45) is 4.36. The second-order valence-corrected chi connectivity index (χ2v) is 4.81. The maximum atomic E-state index is 12.2. The Hall–Kier alpha value is -2.30. The number of carboxylic acid groups (broad SMARTS) is 1. The van der Waals surface area contributed by atoms with Crippen LogP contribution < -0.4 is 5.32 Å². The van der Waals surface area contributed by atoms with Crippen LogP contribution in [0.2, 0.25) is 0 Å². The predicted molar refractivity (Wildman–Crippen MR) is 84.3 cm³/mol. The highest BCUT2D eigenvalue weighted by Crippen LogP contribution is 2.14. The molecule has 2 amide bonds. The van der Waals surface area contributed by atoms with Crippen LogP contribution in [-0.4, -0.2) is 35.1 Å². The number of hydrogen-bond donors (Lipinski definition) is 2. The molecule has 1 aromatic carbocycles. The van der Waals surface area contributed by atoms with Gasteiger partial charge in [-0.2, -0.15) is 0 Å². The molecular formula is C16H22N2O3. The summed E-state index contributed by atoms with van der Waals surface area (Å²) in [5.41, 5.74) is 1.37. The molecule has 0 spiro atoms. The van der Waals surface area contributed by atoms with E-state index in [4.69, 9.17) is 5.11 Å². The fraction of sp³-hybridized carbons (Fsp3) is 0.375. The fourth-order valence-electron chi connectivity index (χ4n) is 2.10. The normalized spacial score (nSPS) is 10.9. The zero-order valence-electron chi connectivity index (χ0n) is 12.7. The fourth-order valence-corrected chi connectivity index (χ4v) is 2.10. The van der Waals surface area contributed by atoms with E-state index in [1.807, 2.05) is 0 Å². The van der Waals surface area contributed by atoms with Crippen LogP contribution in [0.15, 0.2) is 30.3 Å². The SMILES string of the molecule is CCC(CC)N(C)C(=O)Nc1cccc(/C=C/C(=O)O)c1.